The monoisotopic (exact) mass is 314 g/mol. The van der Waals surface area contributed by atoms with Crippen molar-refractivity contribution >= 4 is 32.8 Å². The number of rotatable bonds is 2. The summed E-state index contributed by atoms with van der Waals surface area (Å²) in [6.07, 6.45) is 0.802. The average Bonchev–Trinajstić information content (AvgIpc) is 2.84. The molecule has 1 aliphatic rings. The third kappa shape index (κ3) is 2.07. The van der Waals surface area contributed by atoms with E-state index < -0.39 is 10.1 Å². The first kappa shape index (κ1) is 13.3. The maximum atomic E-state index is 11.1. The number of hydrogen-bond acceptors (Lipinski definition) is 4. The molecule has 2 aromatic heterocycles. The van der Waals surface area contributed by atoms with Gasteiger partial charge in [-0.05, 0) is 43.0 Å². The van der Waals surface area contributed by atoms with Crippen LogP contribution in [0.5, 0.6) is 0 Å². The lowest BCUT2D eigenvalue weighted by Crippen LogP contribution is -2.04. The lowest BCUT2D eigenvalue weighted by atomic mass is 10.1. The van der Waals surface area contributed by atoms with Crippen LogP contribution in [0, 0.1) is 20.8 Å². The van der Waals surface area contributed by atoms with E-state index in [1.165, 1.54) is 25.8 Å². The predicted molar refractivity (Wildman–Crippen MR) is 79.9 cm³/mol. The van der Waals surface area contributed by atoms with Gasteiger partial charge in [0.1, 0.15) is 5.75 Å². The van der Waals surface area contributed by atoms with Crippen LogP contribution < -0.4 is 0 Å². The van der Waals surface area contributed by atoms with Gasteiger partial charge in [-0.2, -0.15) is 8.42 Å². The van der Waals surface area contributed by atoms with Crippen LogP contribution in [-0.2, 0) is 22.3 Å². The molecule has 0 fully saturated rings. The summed E-state index contributed by atoms with van der Waals surface area (Å²) >= 11 is 3.43. The second kappa shape index (κ2) is 4.15. The Hall–Kier alpha value is -0.690. The van der Waals surface area contributed by atoms with Crippen molar-refractivity contribution in [3.8, 4) is 9.75 Å². The van der Waals surface area contributed by atoms with Gasteiger partial charge in [-0.25, -0.2) is 0 Å². The zero-order valence-corrected chi connectivity index (χ0v) is 13.4. The Balaban J connectivity index is 2.16. The van der Waals surface area contributed by atoms with Crippen molar-refractivity contribution in [1.82, 2.24) is 0 Å². The summed E-state index contributed by atoms with van der Waals surface area (Å²) in [5.74, 6) is -0.266. The molecule has 3 nitrogen and oxygen atoms in total. The predicted octanol–water partition coefficient (Wildman–Crippen LogP) is 3.69. The molecule has 0 unspecified atom stereocenters. The Morgan fingerprint density at radius 1 is 1.05 bits per heavy atom. The van der Waals surface area contributed by atoms with Crippen molar-refractivity contribution in [3.63, 3.8) is 0 Å². The minimum Gasteiger partial charge on any atom is -0.285 e. The van der Waals surface area contributed by atoms with E-state index in [9.17, 15) is 8.42 Å². The fraction of sp³-hybridized carbons (Fsp3) is 0.385. The van der Waals surface area contributed by atoms with E-state index in [2.05, 4.69) is 13.8 Å². The number of thiophene rings is 2. The Morgan fingerprint density at radius 2 is 1.63 bits per heavy atom. The van der Waals surface area contributed by atoms with Crippen LogP contribution in [0.2, 0.25) is 0 Å². The van der Waals surface area contributed by atoms with E-state index in [4.69, 9.17) is 4.55 Å². The van der Waals surface area contributed by atoms with E-state index >= 15 is 0 Å². The fourth-order valence-electron chi connectivity index (χ4n) is 2.61. The van der Waals surface area contributed by atoms with E-state index in [1.54, 1.807) is 22.7 Å². The van der Waals surface area contributed by atoms with Crippen LogP contribution in [0.15, 0.2) is 0 Å². The molecule has 3 rings (SSSR count). The summed E-state index contributed by atoms with van der Waals surface area (Å²) in [4.78, 5) is 4.82. The molecule has 0 aromatic carbocycles. The molecule has 0 amide bonds. The second-order valence-electron chi connectivity index (χ2n) is 4.94. The molecule has 0 aliphatic heterocycles. The van der Waals surface area contributed by atoms with Gasteiger partial charge in [-0.3, -0.25) is 4.55 Å². The van der Waals surface area contributed by atoms with Crippen molar-refractivity contribution in [1.29, 1.82) is 0 Å². The molecule has 0 saturated carbocycles. The highest BCUT2D eigenvalue weighted by Crippen LogP contribution is 2.50. The molecule has 0 spiro atoms. The molecular formula is C13H14O3S3. The van der Waals surface area contributed by atoms with Gasteiger partial charge >= 0.3 is 0 Å². The Morgan fingerprint density at radius 3 is 2.26 bits per heavy atom. The van der Waals surface area contributed by atoms with Crippen molar-refractivity contribution in [2.75, 3.05) is 0 Å². The average molecular weight is 314 g/mol. The first-order valence-corrected chi connectivity index (χ1v) is 9.17. The third-order valence-corrected chi connectivity index (χ3v) is 6.97. The molecule has 0 saturated heterocycles. The van der Waals surface area contributed by atoms with Crippen LogP contribution in [0.3, 0.4) is 0 Å². The first-order valence-electron chi connectivity index (χ1n) is 5.93. The quantitative estimate of drug-likeness (QED) is 0.734. The molecule has 0 radical (unpaired) electrons. The van der Waals surface area contributed by atoms with Crippen molar-refractivity contribution in [2.45, 2.75) is 32.9 Å². The molecule has 0 bridgehead atoms. The van der Waals surface area contributed by atoms with Gasteiger partial charge in [0.15, 0.2) is 0 Å². The smallest absolute Gasteiger partial charge is 0.269 e. The van der Waals surface area contributed by atoms with Crippen LogP contribution in [0.4, 0.5) is 0 Å². The third-order valence-electron chi connectivity index (χ3n) is 3.72. The van der Waals surface area contributed by atoms with Crippen LogP contribution in [-0.4, -0.2) is 13.0 Å². The van der Waals surface area contributed by atoms with Crippen LogP contribution in [0.1, 0.15) is 32.0 Å². The maximum absolute atomic E-state index is 11.1. The number of aryl methyl sites for hydroxylation is 2. The van der Waals surface area contributed by atoms with Gasteiger partial charge in [0, 0.05) is 25.9 Å². The topological polar surface area (TPSA) is 54.4 Å². The molecule has 0 atom stereocenters. The molecule has 6 heteroatoms. The lowest BCUT2D eigenvalue weighted by Gasteiger charge is -2.02. The van der Waals surface area contributed by atoms with Gasteiger partial charge in [-0.1, -0.05) is 0 Å². The highest BCUT2D eigenvalue weighted by atomic mass is 32.2. The minimum absolute atomic E-state index is 0.266. The minimum atomic E-state index is -3.97. The molecule has 2 aromatic rings. The number of fused-ring (bicyclic) bond motifs is 3. The summed E-state index contributed by atoms with van der Waals surface area (Å²) in [7, 11) is -3.97. The van der Waals surface area contributed by atoms with Crippen molar-refractivity contribution < 1.29 is 13.0 Å². The molecular weight excluding hydrogens is 300 g/mol. The van der Waals surface area contributed by atoms with E-state index in [0.717, 1.165) is 22.4 Å². The van der Waals surface area contributed by atoms with E-state index in [-0.39, 0.29) is 5.75 Å². The molecule has 102 valence electrons. The van der Waals surface area contributed by atoms with Crippen LogP contribution >= 0.6 is 22.7 Å². The standard InChI is InChI=1S/C13H14O3S3/c1-6-7(2)17-12-9(6)4-10-11(5-19(14,15)16)8(3)18-13(10)12/h4-5H2,1-3H3,(H,14,15,16). The van der Waals surface area contributed by atoms with E-state index in [1.807, 2.05) is 6.92 Å². The largest absolute Gasteiger partial charge is 0.285 e. The molecule has 19 heavy (non-hydrogen) atoms. The molecule has 2 heterocycles. The molecule has 1 aliphatic carbocycles. The zero-order valence-electron chi connectivity index (χ0n) is 10.9. The SMILES string of the molecule is Cc1sc2c(c1C)Cc1c-2sc(C)c1CS(=O)(=O)O. The van der Waals surface area contributed by atoms with Gasteiger partial charge in [0.05, 0.1) is 0 Å². The summed E-state index contributed by atoms with van der Waals surface area (Å²) in [6, 6.07) is 0. The summed E-state index contributed by atoms with van der Waals surface area (Å²) in [5.41, 5.74) is 4.55. The first-order chi connectivity index (χ1) is 8.78. The number of hydrogen-bond donors (Lipinski definition) is 1. The lowest BCUT2D eigenvalue weighted by molar-refractivity contribution is 0.482. The second-order valence-corrected chi connectivity index (χ2v) is 8.84. The Bertz CT molecular complexity index is 779. The highest BCUT2D eigenvalue weighted by Gasteiger charge is 2.30. The zero-order chi connectivity index (χ0) is 13.9. The van der Waals surface area contributed by atoms with Gasteiger partial charge in [0.25, 0.3) is 10.1 Å². The van der Waals surface area contributed by atoms with Gasteiger partial charge in [-0.15, -0.1) is 22.7 Å². The van der Waals surface area contributed by atoms with Crippen LogP contribution in [0.25, 0.3) is 9.75 Å². The van der Waals surface area contributed by atoms with Crippen molar-refractivity contribution in [3.05, 3.63) is 32.0 Å². The summed E-state index contributed by atoms with van der Waals surface area (Å²) < 4.78 is 31.4. The van der Waals surface area contributed by atoms with Gasteiger partial charge in [0.2, 0.25) is 0 Å². The fourth-order valence-corrected chi connectivity index (χ4v) is 6.02. The van der Waals surface area contributed by atoms with Crippen molar-refractivity contribution in [2.24, 2.45) is 0 Å². The summed E-state index contributed by atoms with van der Waals surface area (Å²) in [6.45, 7) is 6.17. The summed E-state index contributed by atoms with van der Waals surface area (Å²) in [5, 5.41) is 0. The highest BCUT2D eigenvalue weighted by molar-refractivity contribution is 7.85. The Labute approximate surface area is 120 Å². The normalized spacial score (nSPS) is 13.7. The Kier molecular flexibility index (Phi) is 2.91. The van der Waals surface area contributed by atoms with E-state index in [0.29, 0.717) is 0 Å². The maximum Gasteiger partial charge on any atom is 0.269 e. The molecule has 1 N–H and O–H groups in total. The van der Waals surface area contributed by atoms with Gasteiger partial charge < -0.3 is 0 Å².